The van der Waals surface area contributed by atoms with Gasteiger partial charge in [0.15, 0.2) is 12.0 Å². The Morgan fingerprint density at radius 3 is 2.33 bits per heavy atom. The first-order valence-electron chi connectivity index (χ1n) is 13.5. The first-order valence-corrected chi connectivity index (χ1v) is 14.3. The van der Waals surface area contributed by atoms with Crippen molar-refractivity contribution in [1.82, 2.24) is 0 Å². The molecule has 2 atom stereocenters. The van der Waals surface area contributed by atoms with E-state index in [1.54, 1.807) is 7.11 Å². The zero-order valence-corrected chi connectivity index (χ0v) is 23.8. The molecule has 3 heterocycles. The standard InChI is InChI=1S/C35H33NO2S/c1-21-19-22(2)31-29(16-18-38-5)32(24(4)37)36-17-15-28-23(3)34(39-35(28)33(36)30(31)20-21)27-13-11-26(12-14-27)25-9-7-6-8-10-25/h6-15,17,19-20,29,32H,4,16,18H2,1-3,5H3/p+1. The normalized spacial score (nSPS) is 16.2. The predicted molar refractivity (Wildman–Crippen MR) is 163 cm³/mol. The van der Waals surface area contributed by atoms with Gasteiger partial charge >= 0.3 is 0 Å². The van der Waals surface area contributed by atoms with Crippen LogP contribution in [-0.2, 0) is 4.74 Å². The molecule has 3 aromatic carbocycles. The van der Waals surface area contributed by atoms with Gasteiger partial charge in [0.2, 0.25) is 11.7 Å². The average Bonchev–Trinajstić information content (AvgIpc) is 3.27. The molecule has 0 spiro atoms. The van der Waals surface area contributed by atoms with Gasteiger partial charge < -0.3 is 9.84 Å². The largest absolute Gasteiger partial charge is 0.506 e. The van der Waals surface area contributed by atoms with Crippen LogP contribution in [0.2, 0.25) is 0 Å². The van der Waals surface area contributed by atoms with E-state index in [1.807, 2.05) is 11.3 Å². The number of pyridine rings is 1. The maximum Gasteiger partial charge on any atom is 0.231 e. The van der Waals surface area contributed by atoms with E-state index in [-0.39, 0.29) is 17.7 Å². The number of benzene rings is 3. The van der Waals surface area contributed by atoms with Crippen LogP contribution >= 0.6 is 11.3 Å². The number of methoxy groups -OCH3 is 1. The summed E-state index contributed by atoms with van der Waals surface area (Å²) in [6, 6.07) is 25.9. The molecular formula is C35H34NO2S+. The van der Waals surface area contributed by atoms with Gasteiger partial charge in [-0.3, -0.25) is 0 Å². The molecule has 0 saturated heterocycles. The van der Waals surface area contributed by atoms with Gasteiger partial charge in [0, 0.05) is 30.0 Å². The zero-order chi connectivity index (χ0) is 27.3. The Bertz CT molecular complexity index is 1700. The van der Waals surface area contributed by atoms with Crippen molar-refractivity contribution in [2.45, 2.75) is 39.2 Å². The molecule has 5 aromatic rings. The van der Waals surface area contributed by atoms with Crippen LogP contribution in [0.5, 0.6) is 0 Å². The number of hydrogen-bond acceptors (Lipinski definition) is 3. The van der Waals surface area contributed by atoms with Gasteiger partial charge in [-0.05, 0) is 66.6 Å². The number of nitrogens with zero attached hydrogens (tertiary/aromatic N) is 1. The van der Waals surface area contributed by atoms with E-state index in [0.717, 1.165) is 6.42 Å². The summed E-state index contributed by atoms with van der Waals surface area (Å²) in [5.74, 6) is 0.274. The molecule has 1 aliphatic rings. The highest BCUT2D eigenvalue weighted by Crippen LogP contribution is 2.49. The molecule has 2 aromatic heterocycles. The van der Waals surface area contributed by atoms with Crippen molar-refractivity contribution in [3.63, 3.8) is 0 Å². The number of aliphatic hydroxyl groups is 1. The topological polar surface area (TPSA) is 33.3 Å². The second kappa shape index (κ2) is 10.1. The molecular weight excluding hydrogens is 498 g/mol. The number of allylic oxidation sites excluding steroid dienone is 1. The van der Waals surface area contributed by atoms with E-state index in [9.17, 15) is 5.11 Å². The monoisotopic (exact) mass is 532 g/mol. The van der Waals surface area contributed by atoms with E-state index in [1.165, 1.54) is 65.2 Å². The summed E-state index contributed by atoms with van der Waals surface area (Å²) < 4.78 is 9.00. The highest BCUT2D eigenvalue weighted by atomic mass is 32.1. The van der Waals surface area contributed by atoms with Gasteiger partial charge in [0.05, 0.1) is 11.5 Å². The van der Waals surface area contributed by atoms with Crippen LogP contribution in [0.1, 0.15) is 40.6 Å². The molecule has 2 unspecified atom stereocenters. The molecule has 0 aliphatic carbocycles. The Morgan fingerprint density at radius 1 is 0.949 bits per heavy atom. The number of aromatic nitrogens is 1. The lowest BCUT2D eigenvalue weighted by molar-refractivity contribution is -0.711. The Morgan fingerprint density at radius 2 is 1.64 bits per heavy atom. The minimum absolute atomic E-state index is 0.0825. The van der Waals surface area contributed by atoms with Crippen molar-refractivity contribution in [1.29, 1.82) is 0 Å². The summed E-state index contributed by atoms with van der Waals surface area (Å²) in [5.41, 5.74) is 11.2. The van der Waals surface area contributed by atoms with Crippen LogP contribution in [0.3, 0.4) is 0 Å². The van der Waals surface area contributed by atoms with Crippen molar-refractivity contribution in [2.24, 2.45) is 0 Å². The summed E-state index contributed by atoms with van der Waals surface area (Å²) in [6.07, 6.45) is 2.96. The zero-order valence-electron chi connectivity index (χ0n) is 23.0. The molecule has 0 amide bonds. The van der Waals surface area contributed by atoms with Crippen molar-refractivity contribution in [3.8, 4) is 32.8 Å². The lowest BCUT2D eigenvalue weighted by atomic mass is 9.77. The highest BCUT2D eigenvalue weighted by molar-refractivity contribution is 7.23. The van der Waals surface area contributed by atoms with E-state index in [4.69, 9.17) is 4.74 Å². The van der Waals surface area contributed by atoms with Crippen molar-refractivity contribution in [2.75, 3.05) is 13.7 Å². The molecule has 39 heavy (non-hydrogen) atoms. The molecule has 0 bridgehead atoms. The summed E-state index contributed by atoms with van der Waals surface area (Å²) in [6.45, 7) is 11.2. The van der Waals surface area contributed by atoms with Gasteiger partial charge in [-0.15, -0.1) is 11.3 Å². The number of fused-ring (bicyclic) bond motifs is 5. The van der Waals surface area contributed by atoms with Crippen LogP contribution < -0.4 is 4.57 Å². The number of aliphatic hydroxyl groups excluding tert-OH is 1. The summed E-state index contributed by atoms with van der Waals surface area (Å²) in [4.78, 5) is 1.28. The van der Waals surface area contributed by atoms with Gasteiger partial charge in [0.25, 0.3) is 0 Å². The Hall–Kier alpha value is -3.73. The third kappa shape index (κ3) is 4.28. The minimum Gasteiger partial charge on any atom is -0.506 e. The molecule has 1 aliphatic heterocycles. The second-order valence-electron chi connectivity index (χ2n) is 10.7. The SMILES string of the molecule is C=C(O)C1C(CCOC)c2c(C)cc(C)cc2-c2c3sc(-c4ccc(-c5ccccc5)cc4)c(C)c3cc[n+]21. The van der Waals surface area contributed by atoms with Crippen molar-refractivity contribution >= 4 is 21.4 Å². The van der Waals surface area contributed by atoms with Gasteiger partial charge in [-0.2, -0.15) is 4.57 Å². The van der Waals surface area contributed by atoms with Crippen LogP contribution in [-0.4, -0.2) is 18.8 Å². The lowest BCUT2D eigenvalue weighted by Crippen LogP contribution is -2.48. The number of aryl methyl sites for hydroxylation is 3. The molecule has 0 radical (unpaired) electrons. The first-order chi connectivity index (χ1) is 18.9. The van der Waals surface area contributed by atoms with Gasteiger partial charge in [-0.25, -0.2) is 0 Å². The number of ether oxygens (including phenoxy) is 1. The van der Waals surface area contributed by atoms with Crippen LogP contribution in [0, 0.1) is 20.8 Å². The quantitative estimate of drug-likeness (QED) is 0.175. The number of hydrogen-bond donors (Lipinski definition) is 1. The molecule has 3 nitrogen and oxygen atoms in total. The first kappa shape index (κ1) is 25.5. The fourth-order valence-electron chi connectivity index (χ4n) is 6.42. The molecule has 0 fully saturated rings. The third-order valence-electron chi connectivity index (χ3n) is 8.13. The lowest BCUT2D eigenvalue weighted by Gasteiger charge is -2.31. The molecule has 196 valence electrons. The summed E-state index contributed by atoms with van der Waals surface area (Å²) in [5, 5.41) is 12.2. The fraction of sp³-hybridized carbons (Fsp3) is 0.229. The maximum atomic E-state index is 10.9. The van der Waals surface area contributed by atoms with Crippen molar-refractivity contribution in [3.05, 3.63) is 114 Å². The Labute approximate surface area is 234 Å². The summed E-state index contributed by atoms with van der Waals surface area (Å²) in [7, 11) is 1.74. The predicted octanol–water partition coefficient (Wildman–Crippen LogP) is 8.86. The minimum atomic E-state index is -0.246. The van der Waals surface area contributed by atoms with Crippen molar-refractivity contribution < 1.29 is 14.4 Å². The van der Waals surface area contributed by atoms with E-state index < -0.39 is 0 Å². The summed E-state index contributed by atoms with van der Waals surface area (Å²) >= 11 is 1.84. The number of rotatable bonds is 6. The maximum absolute atomic E-state index is 10.9. The molecule has 1 N–H and O–H groups in total. The number of thiophene rings is 1. The van der Waals surface area contributed by atoms with Crippen LogP contribution in [0.15, 0.2) is 91.3 Å². The molecule has 6 rings (SSSR count). The van der Waals surface area contributed by atoms with Gasteiger partial charge in [0.1, 0.15) is 4.70 Å². The Balaban J connectivity index is 1.56. The fourth-order valence-corrected chi connectivity index (χ4v) is 7.79. The van der Waals surface area contributed by atoms with E-state index in [2.05, 4.69) is 111 Å². The molecule has 0 saturated carbocycles. The molecule has 4 heteroatoms. The smallest absolute Gasteiger partial charge is 0.231 e. The highest BCUT2D eigenvalue weighted by Gasteiger charge is 2.44. The average molecular weight is 533 g/mol. The third-order valence-corrected chi connectivity index (χ3v) is 9.50. The van der Waals surface area contributed by atoms with Crippen LogP contribution in [0.4, 0.5) is 0 Å². The van der Waals surface area contributed by atoms with Gasteiger partial charge in [-0.1, -0.05) is 72.8 Å². The van der Waals surface area contributed by atoms with E-state index in [0.29, 0.717) is 6.61 Å². The second-order valence-corrected chi connectivity index (χ2v) is 11.7. The Kier molecular flexibility index (Phi) is 6.62. The van der Waals surface area contributed by atoms with E-state index >= 15 is 0 Å². The van der Waals surface area contributed by atoms with Crippen LogP contribution in [0.25, 0.3) is 42.9 Å².